The first-order chi connectivity index (χ1) is 15.4. The Hall–Kier alpha value is -4.59. The first kappa shape index (κ1) is 19.4. The second-order valence-corrected chi connectivity index (χ2v) is 7.31. The van der Waals surface area contributed by atoms with E-state index in [1.54, 1.807) is 25.3 Å². The Kier molecular flexibility index (Phi) is 4.41. The molecule has 4 N–H and O–H groups in total. The number of rotatable bonds is 4. The van der Waals surface area contributed by atoms with Gasteiger partial charge in [-0.05, 0) is 19.1 Å². The van der Waals surface area contributed by atoms with Crippen molar-refractivity contribution < 1.29 is 19.4 Å². The second kappa shape index (κ2) is 7.28. The van der Waals surface area contributed by atoms with Crippen molar-refractivity contribution >= 4 is 16.9 Å². The Bertz CT molecular complexity index is 1540. The number of aromatic amines is 2. The molecule has 0 aliphatic heterocycles. The summed E-state index contributed by atoms with van der Waals surface area (Å²) in [5, 5.41) is 20.6. The predicted octanol–water partition coefficient (Wildman–Crippen LogP) is 4.56. The summed E-state index contributed by atoms with van der Waals surface area (Å²) in [6.07, 6.45) is 1.67. The molecule has 0 fully saturated rings. The van der Waals surface area contributed by atoms with Gasteiger partial charge in [-0.3, -0.25) is 4.79 Å². The number of aryl methyl sites for hydroxylation is 1. The Balaban J connectivity index is 1.82. The molecule has 0 saturated carbocycles. The maximum Gasteiger partial charge on any atom is 0.336 e. The maximum absolute atomic E-state index is 12.2. The van der Waals surface area contributed by atoms with Crippen LogP contribution in [-0.4, -0.2) is 31.1 Å². The number of benzene rings is 2. The van der Waals surface area contributed by atoms with Crippen LogP contribution in [0.1, 0.15) is 16.1 Å². The zero-order valence-corrected chi connectivity index (χ0v) is 16.8. The van der Waals surface area contributed by atoms with E-state index in [0.717, 1.165) is 5.56 Å². The monoisotopic (exact) mass is 427 g/mol. The van der Waals surface area contributed by atoms with Gasteiger partial charge >= 0.3 is 5.97 Å². The minimum absolute atomic E-state index is 0.0362. The van der Waals surface area contributed by atoms with E-state index in [2.05, 4.69) is 9.97 Å². The number of nitrogens with zero attached hydrogens (tertiary/aromatic N) is 1. The van der Waals surface area contributed by atoms with Gasteiger partial charge in [0.05, 0.1) is 5.56 Å². The van der Waals surface area contributed by atoms with Crippen molar-refractivity contribution in [1.82, 2.24) is 15.0 Å². The van der Waals surface area contributed by atoms with Crippen LogP contribution in [0.3, 0.4) is 0 Å². The minimum Gasteiger partial charge on any atom is -0.501 e. The largest absolute Gasteiger partial charge is 0.501 e. The average molecular weight is 427 g/mol. The van der Waals surface area contributed by atoms with Crippen molar-refractivity contribution in [1.29, 1.82) is 0 Å². The number of carbonyl (C=O) groups is 1. The summed E-state index contributed by atoms with van der Waals surface area (Å²) in [5.41, 5.74) is 2.23. The molecule has 8 nitrogen and oxygen atoms in total. The van der Waals surface area contributed by atoms with E-state index in [9.17, 15) is 19.8 Å². The SMILES string of the molecule is Cc1cc(=O)c(O)c(-c2[nH]c(-c3c[nH]c4cccc(C(=O)O)c34)nc2-c2ccccc2)o1. The van der Waals surface area contributed by atoms with E-state index in [1.165, 1.54) is 12.1 Å². The lowest BCUT2D eigenvalue weighted by molar-refractivity contribution is 0.0699. The Labute approximate surface area is 180 Å². The number of imidazole rings is 1. The third-order valence-corrected chi connectivity index (χ3v) is 5.22. The Morgan fingerprint density at radius 1 is 1.09 bits per heavy atom. The van der Waals surface area contributed by atoms with Crippen molar-refractivity contribution in [2.75, 3.05) is 0 Å². The van der Waals surface area contributed by atoms with E-state index in [4.69, 9.17) is 9.40 Å². The van der Waals surface area contributed by atoms with Gasteiger partial charge in [0.2, 0.25) is 11.2 Å². The van der Waals surface area contributed by atoms with Gasteiger partial charge in [-0.25, -0.2) is 9.78 Å². The quantitative estimate of drug-likeness (QED) is 0.332. The normalized spacial score (nSPS) is 11.2. The molecule has 0 aliphatic carbocycles. The zero-order chi connectivity index (χ0) is 22.4. The standard InChI is InChI=1S/C24H17N3O5/c1-12-10-17(28)21(29)22(32-12)20-19(13-6-3-2-4-7-13)26-23(27-20)15-11-25-16-9-5-8-14(18(15)16)24(30)31/h2-11,25,29H,1H3,(H,26,27)(H,30,31). The van der Waals surface area contributed by atoms with E-state index in [0.29, 0.717) is 39.4 Å². The van der Waals surface area contributed by atoms with Crippen molar-refractivity contribution in [3.8, 4) is 39.8 Å². The molecule has 5 rings (SSSR count). The number of fused-ring (bicyclic) bond motifs is 1. The summed E-state index contributed by atoms with van der Waals surface area (Å²) >= 11 is 0. The number of carboxylic acid groups (broad SMARTS) is 1. The van der Waals surface area contributed by atoms with Crippen LogP contribution < -0.4 is 5.43 Å². The molecule has 32 heavy (non-hydrogen) atoms. The molecule has 0 radical (unpaired) electrons. The molecule has 8 heteroatoms. The van der Waals surface area contributed by atoms with Crippen LogP contribution >= 0.6 is 0 Å². The van der Waals surface area contributed by atoms with Gasteiger partial charge in [-0.1, -0.05) is 36.4 Å². The molecule has 0 spiro atoms. The molecule has 0 bridgehead atoms. The second-order valence-electron chi connectivity index (χ2n) is 7.31. The van der Waals surface area contributed by atoms with Crippen LogP contribution in [0, 0.1) is 6.92 Å². The summed E-state index contributed by atoms with van der Waals surface area (Å²) in [6, 6.07) is 15.4. The van der Waals surface area contributed by atoms with Gasteiger partial charge in [-0.15, -0.1) is 0 Å². The fourth-order valence-electron chi connectivity index (χ4n) is 3.79. The number of nitrogens with one attached hydrogen (secondary N) is 2. The molecule has 3 aromatic heterocycles. The van der Waals surface area contributed by atoms with Gasteiger partial charge in [-0.2, -0.15) is 0 Å². The number of aromatic nitrogens is 3. The summed E-state index contributed by atoms with van der Waals surface area (Å²) in [5.74, 6) is -0.937. The van der Waals surface area contributed by atoms with Crippen LogP contribution in [0.25, 0.3) is 45.0 Å². The Morgan fingerprint density at radius 2 is 1.88 bits per heavy atom. The minimum atomic E-state index is -1.06. The maximum atomic E-state index is 12.2. The number of aromatic carboxylic acids is 1. The molecule has 0 atom stereocenters. The van der Waals surface area contributed by atoms with Crippen LogP contribution in [0.15, 0.2) is 70.0 Å². The number of hydrogen-bond acceptors (Lipinski definition) is 5. The molecule has 5 aromatic rings. The van der Waals surface area contributed by atoms with Crippen molar-refractivity contribution in [2.45, 2.75) is 6.92 Å². The van der Waals surface area contributed by atoms with Gasteiger partial charge < -0.3 is 24.6 Å². The molecular weight excluding hydrogens is 410 g/mol. The Morgan fingerprint density at radius 3 is 2.62 bits per heavy atom. The van der Waals surface area contributed by atoms with Crippen LogP contribution in [0.5, 0.6) is 5.75 Å². The number of hydrogen-bond donors (Lipinski definition) is 4. The molecule has 2 aromatic carbocycles. The average Bonchev–Trinajstić information content (AvgIpc) is 3.41. The van der Waals surface area contributed by atoms with E-state index in [-0.39, 0.29) is 11.3 Å². The molecular formula is C24H17N3O5. The number of H-pyrrole nitrogens is 2. The third-order valence-electron chi connectivity index (χ3n) is 5.22. The van der Waals surface area contributed by atoms with Gasteiger partial charge in [0, 0.05) is 34.3 Å². The van der Waals surface area contributed by atoms with Crippen molar-refractivity contribution in [3.05, 3.63) is 82.3 Å². The first-order valence-corrected chi connectivity index (χ1v) is 9.77. The van der Waals surface area contributed by atoms with Crippen LogP contribution in [-0.2, 0) is 0 Å². The highest BCUT2D eigenvalue weighted by atomic mass is 16.4. The summed E-state index contributed by atoms with van der Waals surface area (Å²) in [7, 11) is 0. The van der Waals surface area contributed by atoms with Crippen LogP contribution in [0.2, 0.25) is 0 Å². The van der Waals surface area contributed by atoms with Crippen molar-refractivity contribution in [3.63, 3.8) is 0 Å². The highest BCUT2D eigenvalue weighted by Gasteiger charge is 2.24. The molecule has 0 amide bonds. The summed E-state index contributed by atoms with van der Waals surface area (Å²) < 4.78 is 5.69. The lowest BCUT2D eigenvalue weighted by atomic mass is 10.1. The first-order valence-electron chi connectivity index (χ1n) is 9.77. The fourth-order valence-corrected chi connectivity index (χ4v) is 3.79. The van der Waals surface area contributed by atoms with Gasteiger partial charge in [0.25, 0.3) is 0 Å². The third kappa shape index (κ3) is 3.05. The molecule has 0 unspecified atom stereocenters. The highest BCUT2D eigenvalue weighted by Crippen LogP contribution is 2.38. The summed E-state index contributed by atoms with van der Waals surface area (Å²) in [6.45, 7) is 1.61. The molecule has 158 valence electrons. The van der Waals surface area contributed by atoms with Gasteiger partial charge in [0.15, 0.2) is 5.76 Å². The zero-order valence-electron chi connectivity index (χ0n) is 16.8. The predicted molar refractivity (Wildman–Crippen MR) is 119 cm³/mol. The molecule has 3 heterocycles. The van der Waals surface area contributed by atoms with Crippen molar-refractivity contribution in [2.24, 2.45) is 0 Å². The topological polar surface area (TPSA) is 132 Å². The highest BCUT2D eigenvalue weighted by molar-refractivity contribution is 6.09. The fraction of sp³-hybridized carbons (Fsp3) is 0.0417. The van der Waals surface area contributed by atoms with E-state index < -0.39 is 17.1 Å². The van der Waals surface area contributed by atoms with Gasteiger partial charge in [0.1, 0.15) is 23.0 Å². The number of aromatic hydroxyl groups is 1. The lowest BCUT2D eigenvalue weighted by Crippen LogP contribution is -2.01. The summed E-state index contributed by atoms with van der Waals surface area (Å²) in [4.78, 5) is 34.9. The van der Waals surface area contributed by atoms with E-state index in [1.807, 2.05) is 30.3 Å². The van der Waals surface area contributed by atoms with Crippen LogP contribution in [0.4, 0.5) is 0 Å². The molecule has 0 saturated heterocycles. The lowest BCUT2D eigenvalue weighted by Gasteiger charge is -2.05. The smallest absolute Gasteiger partial charge is 0.336 e. The molecule has 0 aliphatic rings. The van der Waals surface area contributed by atoms with E-state index >= 15 is 0 Å². The number of carboxylic acids is 1.